The largest absolute Gasteiger partial charge is 0.508 e. The molecule has 3 heteroatoms. The zero-order valence-electron chi connectivity index (χ0n) is 10.6. The highest BCUT2D eigenvalue weighted by Crippen LogP contribution is 2.41. The Morgan fingerprint density at radius 3 is 1.94 bits per heavy atom. The van der Waals surface area contributed by atoms with Crippen molar-refractivity contribution >= 4 is 0 Å². The van der Waals surface area contributed by atoms with Gasteiger partial charge in [0.15, 0.2) is 5.79 Å². The molecule has 16 heavy (non-hydrogen) atoms. The third-order valence-corrected chi connectivity index (χ3v) is 3.49. The molecule has 1 aromatic carbocycles. The molecule has 0 spiro atoms. The minimum absolute atomic E-state index is 0.257. The SMILES string of the molecule is COC(C)(OC)C(C)(C)c1ccccc1O. The molecule has 0 heterocycles. The van der Waals surface area contributed by atoms with Gasteiger partial charge in [-0.1, -0.05) is 32.0 Å². The third kappa shape index (κ3) is 1.93. The summed E-state index contributed by atoms with van der Waals surface area (Å²) >= 11 is 0. The van der Waals surface area contributed by atoms with Gasteiger partial charge in [-0.3, -0.25) is 0 Å². The Hall–Kier alpha value is -1.06. The topological polar surface area (TPSA) is 38.7 Å². The molecule has 0 aromatic heterocycles. The standard InChI is InChI=1S/C13H20O3/c1-12(2,13(3,15-4)16-5)10-8-6-7-9-11(10)14/h6-9,14H,1-5H3. The van der Waals surface area contributed by atoms with Crippen LogP contribution in [0.5, 0.6) is 5.75 Å². The molecule has 1 rings (SSSR count). The third-order valence-electron chi connectivity index (χ3n) is 3.49. The molecule has 90 valence electrons. The van der Waals surface area contributed by atoms with Crippen LogP contribution in [0.3, 0.4) is 0 Å². The molecular formula is C13H20O3. The van der Waals surface area contributed by atoms with Crippen LogP contribution in [0, 0.1) is 0 Å². The predicted octanol–water partition coefficient (Wildman–Crippen LogP) is 2.68. The second-order valence-electron chi connectivity index (χ2n) is 4.50. The van der Waals surface area contributed by atoms with E-state index in [-0.39, 0.29) is 5.75 Å². The van der Waals surface area contributed by atoms with E-state index in [0.717, 1.165) is 5.56 Å². The Morgan fingerprint density at radius 1 is 1.00 bits per heavy atom. The molecule has 0 aliphatic heterocycles. The fourth-order valence-electron chi connectivity index (χ4n) is 1.84. The Morgan fingerprint density at radius 2 is 1.50 bits per heavy atom. The van der Waals surface area contributed by atoms with Gasteiger partial charge >= 0.3 is 0 Å². The van der Waals surface area contributed by atoms with Gasteiger partial charge in [0, 0.05) is 25.2 Å². The number of rotatable bonds is 4. The van der Waals surface area contributed by atoms with Crippen molar-refractivity contribution in [3.05, 3.63) is 29.8 Å². The monoisotopic (exact) mass is 224 g/mol. The van der Waals surface area contributed by atoms with E-state index < -0.39 is 11.2 Å². The number of hydrogen-bond donors (Lipinski definition) is 1. The molecule has 0 bridgehead atoms. The number of ether oxygens (including phenoxy) is 2. The molecule has 1 aromatic rings. The molecule has 0 aliphatic carbocycles. The summed E-state index contributed by atoms with van der Waals surface area (Å²) in [6.07, 6.45) is 0. The molecule has 1 N–H and O–H groups in total. The van der Waals surface area contributed by atoms with Crippen LogP contribution in [-0.2, 0) is 14.9 Å². The molecule has 0 saturated heterocycles. The highest BCUT2D eigenvalue weighted by Gasteiger charge is 2.44. The van der Waals surface area contributed by atoms with E-state index in [4.69, 9.17) is 9.47 Å². The van der Waals surface area contributed by atoms with E-state index >= 15 is 0 Å². The van der Waals surface area contributed by atoms with Crippen molar-refractivity contribution in [1.29, 1.82) is 0 Å². The average Bonchev–Trinajstić information content (AvgIpc) is 2.28. The molecule has 0 aliphatic rings. The highest BCUT2D eigenvalue weighted by molar-refractivity contribution is 5.39. The van der Waals surface area contributed by atoms with Crippen molar-refractivity contribution in [2.24, 2.45) is 0 Å². The van der Waals surface area contributed by atoms with Crippen LogP contribution >= 0.6 is 0 Å². The van der Waals surface area contributed by atoms with Crippen LogP contribution in [0.2, 0.25) is 0 Å². The van der Waals surface area contributed by atoms with Gasteiger partial charge in [-0.25, -0.2) is 0 Å². The van der Waals surface area contributed by atoms with E-state index in [1.54, 1.807) is 26.4 Å². The van der Waals surface area contributed by atoms with Gasteiger partial charge in [0.05, 0.1) is 0 Å². The number of phenolic OH excluding ortho intramolecular Hbond substituents is 1. The van der Waals surface area contributed by atoms with Crippen molar-refractivity contribution in [1.82, 2.24) is 0 Å². The van der Waals surface area contributed by atoms with E-state index in [1.807, 2.05) is 32.9 Å². The van der Waals surface area contributed by atoms with Gasteiger partial charge in [-0.2, -0.15) is 0 Å². The van der Waals surface area contributed by atoms with Crippen LogP contribution < -0.4 is 0 Å². The summed E-state index contributed by atoms with van der Waals surface area (Å²) < 4.78 is 10.9. The van der Waals surface area contributed by atoms with Crippen molar-refractivity contribution < 1.29 is 14.6 Å². The Balaban J connectivity index is 3.25. The predicted molar refractivity (Wildman–Crippen MR) is 63.6 cm³/mol. The zero-order chi connectivity index (χ0) is 12.4. The van der Waals surface area contributed by atoms with Gasteiger partial charge in [0.25, 0.3) is 0 Å². The number of methoxy groups -OCH3 is 2. The lowest BCUT2D eigenvalue weighted by molar-refractivity contribution is -0.231. The first-order chi connectivity index (χ1) is 7.39. The number of phenols is 1. The maximum absolute atomic E-state index is 9.89. The van der Waals surface area contributed by atoms with E-state index in [9.17, 15) is 5.11 Å². The normalized spacial score (nSPS) is 12.8. The molecule has 0 atom stereocenters. The maximum Gasteiger partial charge on any atom is 0.173 e. The minimum atomic E-state index is -0.786. The van der Waals surface area contributed by atoms with Gasteiger partial charge in [0.2, 0.25) is 0 Å². The zero-order valence-corrected chi connectivity index (χ0v) is 10.6. The first-order valence-corrected chi connectivity index (χ1v) is 5.28. The van der Waals surface area contributed by atoms with Gasteiger partial charge in [0.1, 0.15) is 5.75 Å². The first kappa shape index (κ1) is 13.0. The Labute approximate surface area is 97.0 Å². The molecule has 3 nitrogen and oxygen atoms in total. The second-order valence-corrected chi connectivity index (χ2v) is 4.50. The fourth-order valence-corrected chi connectivity index (χ4v) is 1.84. The summed E-state index contributed by atoms with van der Waals surface area (Å²) in [6.45, 7) is 5.82. The summed E-state index contributed by atoms with van der Waals surface area (Å²) in [7, 11) is 3.20. The lowest BCUT2D eigenvalue weighted by Gasteiger charge is -2.42. The van der Waals surface area contributed by atoms with Crippen molar-refractivity contribution in [2.45, 2.75) is 32.0 Å². The minimum Gasteiger partial charge on any atom is -0.508 e. The van der Waals surface area contributed by atoms with E-state index in [0.29, 0.717) is 0 Å². The summed E-state index contributed by atoms with van der Waals surface area (Å²) in [5.74, 6) is -0.529. The molecule has 0 fully saturated rings. The number of aromatic hydroxyl groups is 1. The quantitative estimate of drug-likeness (QED) is 0.799. The smallest absolute Gasteiger partial charge is 0.173 e. The van der Waals surface area contributed by atoms with Gasteiger partial charge in [-0.05, 0) is 13.0 Å². The van der Waals surface area contributed by atoms with Crippen LogP contribution in [0.4, 0.5) is 0 Å². The maximum atomic E-state index is 9.89. The summed E-state index contributed by atoms with van der Waals surface area (Å²) in [6, 6.07) is 7.24. The van der Waals surface area contributed by atoms with E-state index in [1.165, 1.54) is 0 Å². The van der Waals surface area contributed by atoms with Crippen LogP contribution in [0.15, 0.2) is 24.3 Å². The lowest BCUT2D eigenvalue weighted by atomic mass is 9.77. The molecule has 0 saturated carbocycles. The lowest BCUT2D eigenvalue weighted by Crippen LogP contribution is -2.48. The average molecular weight is 224 g/mol. The first-order valence-electron chi connectivity index (χ1n) is 5.28. The number of para-hydroxylation sites is 1. The summed E-state index contributed by atoms with van der Waals surface area (Å²) in [4.78, 5) is 0. The van der Waals surface area contributed by atoms with Crippen LogP contribution in [0.25, 0.3) is 0 Å². The molecule has 0 unspecified atom stereocenters. The number of benzene rings is 1. The van der Waals surface area contributed by atoms with Gasteiger partial charge < -0.3 is 14.6 Å². The Kier molecular flexibility index (Phi) is 3.61. The fraction of sp³-hybridized carbons (Fsp3) is 0.538. The number of hydrogen-bond acceptors (Lipinski definition) is 3. The Bertz CT molecular complexity index is 354. The molecule has 0 amide bonds. The summed E-state index contributed by atoms with van der Waals surface area (Å²) in [5.41, 5.74) is 0.350. The second kappa shape index (κ2) is 4.44. The van der Waals surface area contributed by atoms with Crippen LogP contribution in [-0.4, -0.2) is 25.1 Å². The molecule has 0 radical (unpaired) electrons. The van der Waals surface area contributed by atoms with Crippen molar-refractivity contribution in [3.63, 3.8) is 0 Å². The molecular weight excluding hydrogens is 204 g/mol. The van der Waals surface area contributed by atoms with Crippen LogP contribution in [0.1, 0.15) is 26.3 Å². The van der Waals surface area contributed by atoms with Crippen molar-refractivity contribution in [2.75, 3.05) is 14.2 Å². The summed E-state index contributed by atoms with van der Waals surface area (Å²) in [5, 5.41) is 9.89. The van der Waals surface area contributed by atoms with Gasteiger partial charge in [-0.15, -0.1) is 0 Å². The van der Waals surface area contributed by atoms with Crippen molar-refractivity contribution in [3.8, 4) is 5.75 Å². The highest BCUT2D eigenvalue weighted by atomic mass is 16.7. The van der Waals surface area contributed by atoms with E-state index in [2.05, 4.69) is 0 Å².